The molecule has 2 aromatic rings. The van der Waals surface area contributed by atoms with Crippen molar-refractivity contribution >= 4 is 17.9 Å². The van der Waals surface area contributed by atoms with E-state index in [1.165, 1.54) is 0 Å². The smallest absolute Gasteiger partial charge is 0.407 e. The van der Waals surface area contributed by atoms with Crippen molar-refractivity contribution in [2.75, 3.05) is 6.61 Å². The normalized spacial score (nSPS) is 18.1. The number of rotatable bonds is 8. The minimum atomic E-state index is -0.420. The fourth-order valence-corrected chi connectivity index (χ4v) is 3.51. The number of nitrogens with one attached hydrogen (secondary N) is 3. The minimum Gasteiger partial charge on any atom is -0.445 e. The molecule has 0 unspecified atom stereocenters. The van der Waals surface area contributed by atoms with Gasteiger partial charge in [0.15, 0.2) is 5.90 Å². The van der Waals surface area contributed by atoms with Crippen molar-refractivity contribution < 1.29 is 19.0 Å². The van der Waals surface area contributed by atoms with Crippen molar-refractivity contribution in [1.82, 2.24) is 5.32 Å². The van der Waals surface area contributed by atoms with E-state index < -0.39 is 6.09 Å². The molecule has 1 aliphatic rings. The first-order valence-corrected chi connectivity index (χ1v) is 10.5. The van der Waals surface area contributed by atoms with Crippen LogP contribution in [-0.4, -0.2) is 30.5 Å². The summed E-state index contributed by atoms with van der Waals surface area (Å²) in [5, 5.41) is 18.9. The van der Waals surface area contributed by atoms with E-state index in [0.29, 0.717) is 6.61 Å². The lowest BCUT2D eigenvalue weighted by Gasteiger charge is -2.28. The van der Waals surface area contributed by atoms with Gasteiger partial charge in [0, 0.05) is 12.0 Å². The van der Waals surface area contributed by atoms with Gasteiger partial charge in [-0.2, -0.15) is 0 Å². The molecule has 0 aromatic heterocycles. The molecular weight excluding hydrogens is 394 g/mol. The fraction of sp³-hybridized carbons (Fsp3) is 0.375. The molecule has 0 aliphatic heterocycles. The molecule has 0 bridgehead atoms. The van der Waals surface area contributed by atoms with Crippen LogP contribution in [-0.2, 0) is 27.4 Å². The fourth-order valence-electron chi connectivity index (χ4n) is 3.51. The second-order valence-corrected chi connectivity index (χ2v) is 7.62. The highest BCUT2D eigenvalue weighted by molar-refractivity contribution is 5.90. The molecule has 3 N–H and O–H groups in total. The summed E-state index contributed by atoms with van der Waals surface area (Å²) in [6.07, 6.45) is 2.51. The molecule has 0 saturated heterocycles. The minimum absolute atomic E-state index is 0.0287. The maximum absolute atomic E-state index is 12.0. The van der Waals surface area contributed by atoms with E-state index in [0.717, 1.165) is 36.8 Å². The van der Waals surface area contributed by atoms with Crippen LogP contribution in [0, 0.1) is 16.7 Å². The van der Waals surface area contributed by atoms with Crippen LogP contribution >= 0.6 is 0 Å². The molecule has 1 amide bonds. The molecule has 2 aromatic carbocycles. The Hall–Kier alpha value is -3.19. The van der Waals surface area contributed by atoms with Crippen LogP contribution in [0.2, 0.25) is 0 Å². The molecule has 7 nitrogen and oxygen atoms in total. The number of amides is 1. The van der Waals surface area contributed by atoms with Crippen LogP contribution in [0.1, 0.15) is 36.8 Å². The van der Waals surface area contributed by atoms with Gasteiger partial charge < -0.3 is 19.5 Å². The number of alkyl carbamates (subject to hydrolysis) is 1. The third-order valence-corrected chi connectivity index (χ3v) is 5.21. The molecule has 164 valence electrons. The first kappa shape index (κ1) is 22.5. The van der Waals surface area contributed by atoms with Crippen LogP contribution in [0.3, 0.4) is 0 Å². The lowest BCUT2D eigenvalue weighted by molar-refractivity contribution is 0.132. The standard InChI is InChI=1S/C24H29N3O4/c25-22(17-29-15-18-7-3-1-4-8-18)31-23(26)20-11-13-21(14-12-20)27-24(28)30-16-19-9-5-2-6-10-19/h1-10,20-21,25-26H,11-17H2,(H,27,28). The summed E-state index contributed by atoms with van der Waals surface area (Å²) in [5.74, 6) is -0.0167. The predicted octanol–water partition coefficient (Wildman–Crippen LogP) is 4.66. The molecular formula is C24H29N3O4. The van der Waals surface area contributed by atoms with Crippen LogP contribution in [0.4, 0.5) is 4.79 Å². The Morgan fingerprint density at radius 3 is 2.06 bits per heavy atom. The van der Waals surface area contributed by atoms with Crippen molar-refractivity contribution in [2.24, 2.45) is 5.92 Å². The first-order valence-electron chi connectivity index (χ1n) is 10.5. The topological polar surface area (TPSA) is 104 Å². The molecule has 1 fully saturated rings. The third kappa shape index (κ3) is 7.86. The molecule has 1 aliphatic carbocycles. The summed E-state index contributed by atoms with van der Waals surface area (Å²) in [4.78, 5) is 12.0. The van der Waals surface area contributed by atoms with Crippen molar-refractivity contribution in [2.45, 2.75) is 44.9 Å². The highest BCUT2D eigenvalue weighted by atomic mass is 16.5. The van der Waals surface area contributed by atoms with E-state index in [1.807, 2.05) is 60.7 Å². The quantitative estimate of drug-likeness (QED) is 0.424. The summed E-state index contributed by atoms with van der Waals surface area (Å²) in [6.45, 7) is 0.674. The number of hydrogen-bond acceptors (Lipinski definition) is 6. The Bertz CT molecular complexity index is 850. The Morgan fingerprint density at radius 2 is 1.45 bits per heavy atom. The second kappa shape index (κ2) is 11.9. The van der Waals surface area contributed by atoms with Gasteiger partial charge in [-0.05, 0) is 36.8 Å². The zero-order chi connectivity index (χ0) is 21.9. The van der Waals surface area contributed by atoms with E-state index in [9.17, 15) is 4.79 Å². The monoisotopic (exact) mass is 423 g/mol. The Labute approximate surface area is 182 Å². The van der Waals surface area contributed by atoms with Gasteiger partial charge in [0.25, 0.3) is 0 Å². The molecule has 0 atom stereocenters. The van der Waals surface area contributed by atoms with Crippen LogP contribution in [0.15, 0.2) is 60.7 Å². The van der Waals surface area contributed by atoms with E-state index in [2.05, 4.69) is 5.32 Å². The van der Waals surface area contributed by atoms with Crippen molar-refractivity contribution in [3.05, 3.63) is 71.8 Å². The second-order valence-electron chi connectivity index (χ2n) is 7.62. The van der Waals surface area contributed by atoms with E-state index in [1.54, 1.807) is 0 Å². The van der Waals surface area contributed by atoms with Crippen molar-refractivity contribution in [3.8, 4) is 0 Å². The van der Waals surface area contributed by atoms with E-state index in [-0.39, 0.29) is 37.0 Å². The number of carbonyl (C=O) groups excluding carboxylic acids is 1. The zero-order valence-corrected chi connectivity index (χ0v) is 17.5. The number of benzene rings is 2. The number of ether oxygens (including phenoxy) is 3. The molecule has 1 saturated carbocycles. The molecule has 0 radical (unpaired) electrons. The van der Waals surface area contributed by atoms with Crippen LogP contribution in [0.25, 0.3) is 0 Å². The lowest BCUT2D eigenvalue weighted by Crippen LogP contribution is -2.39. The highest BCUT2D eigenvalue weighted by Crippen LogP contribution is 2.25. The first-order chi connectivity index (χ1) is 15.1. The third-order valence-electron chi connectivity index (χ3n) is 5.21. The average Bonchev–Trinajstić information content (AvgIpc) is 2.79. The van der Waals surface area contributed by atoms with Gasteiger partial charge in [-0.25, -0.2) is 4.79 Å². The van der Waals surface area contributed by atoms with Gasteiger partial charge in [0.2, 0.25) is 5.90 Å². The van der Waals surface area contributed by atoms with Gasteiger partial charge in [0.1, 0.15) is 13.2 Å². The van der Waals surface area contributed by atoms with Gasteiger partial charge in [0.05, 0.1) is 6.61 Å². The average molecular weight is 424 g/mol. The van der Waals surface area contributed by atoms with Gasteiger partial charge in [-0.15, -0.1) is 0 Å². The van der Waals surface area contributed by atoms with E-state index >= 15 is 0 Å². The molecule has 31 heavy (non-hydrogen) atoms. The van der Waals surface area contributed by atoms with Crippen LogP contribution in [0.5, 0.6) is 0 Å². The van der Waals surface area contributed by atoms with Gasteiger partial charge in [-0.3, -0.25) is 10.8 Å². The SMILES string of the molecule is N=C(COCc1ccccc1)OC(=N)C1CCC(NC(=O)OCc2ccccc2)CC1. The molecule has 7 heteroatoms. The maximum Gasteiger partial charge on any atom is 0.407 e. The van der Waals surface area contributed by atoms with Crippen molar-refractivity contribution in [3.63, 3.8) is 0 Å². The molecule has 0 spiro atoms. The summed E-state index contributed by atoms with van der Waals surface area (Å²) in [7, 11) is 0. The zero-order valence-electron chi connectivity index (χ0n) is 17.5. The van der Waals surface area contributed by atoms with Crippen LogP contribution < -0.4 is 5.32 Å². The Kier molecular flexibility index (Phi) is 8.60. The summed E-state index contributed by atoms with van der Waals surface area (Å²) < 4.78 is 16.1. The summed E-state index contributed by atoms with van der Waals surface area (Å²) >= 11 is 0. The number of carbonyl (C=O) groups is 1. The number of hydrogen-bond donors (Lipinski definition) is 3. The predicted molar refractivity (Wildman–Crippen MR) is 118 cm³/mol. The Balaban J connectivity index is 1.30. The largest absolute Gasteiger partial charge is 0.445 e. The Morgan fingerprint density at radius 1 is 0.871 bits per heavy atom. The highest BCUT2D eigenvalue weighted by Gasteiger charge is 2.27. The summed E-state index contributed by atoms with van der Waals surface area (Å²) in [6, 6.07) is 19.3. The van der Waals surface area contributed by atoms with Gasteiger partial charge >= 0.3 is 6.09 Å². The van der Waals surface area contributed by atoms with E-state index in [4.69, 9.17) is 25.0 Å². The van der Waals surface area contributed by atoms with Crippen molar-refractivity contribution in [1.29, 1.82) is 10.8 Å². The molecule has 3 rings (SSSR count). The summed E-state index contributed by atoms with van der Waals surface area (Å²) in [5.41, 5.74) is 1.97. The maximum atomic E-state index is 12.0. The lowest BCUT2D eigenvalue weighted by atomic mass is 9.86. The molecule has 0 heterocycles. The van der Waals surface area contributed by atoms with Gasteiger partial charge in [-0.1, -0.05) is 60.7 Å².